The van der Waals surface area contributed by atoms with E-state index in [0.717, 1.165) is 13.0 Å². The average Bonchev–Trinajstić information content (AvgIpc) is 3.26. The summed E-state index contributed by atoms with van der Waals surface area (Å²) in [5, 5.41) is 4.31. The molecule has 1 amide bonds. The smallest absolute Gasteiger partial charge is 0.236 e. The molecule has 0 aliphatic carbocycles. The van der Waals surface area contributed by atoms with Gasteiger partial charge < -0.3 is 9.64 Å². The third-order valence-corrected chi connectivity index (χ3v) is 6.73. The lowest BCUT2D eigenvalue weighted by Crippen LogP contribution is -2.49. The molecule has 2 aliphatic heterocycles. The maximum absolute atomic E-state index is 12.8. The van der Waals surface area contributed by atoms with Crippen LogP contribution in [0.5, 0.6) is 0 Å². The first-order valence-electron chi connectivity index (χ1n) is 8.45. The first-order valence-corrected chi connectivity index (χ1v) is 10.2. The summed E-state index contributed by atoms with van der Waals surface area (Å²) in [5.41, 5.74) is 1.39. The highest BCUT2D eigenvalue weighted by molar-refractivity contribution is 7.10. The van der Waals surface area contributed by atoms with Crippen LogP contribution in [0, 0.1) is 0 Å². The average molecular weight is 363 g/mol. The second-order valence-corrected chi connectivity index (χ2v) is 8.44. The van der Waals surface area contributed by atoms with Gasteiger partial charge >= 0.3 is 0 Å². The third kappa shape index (κ3) is 3.16. The topological polar surface area (TPSA) is 32.8 Å². The van der Waals surface area contributed by atoms with Crippen LogP contribution in [0.25, 0.3) is 0 Å². The minimum absolute atomic E-state index is 0.139. The Morgan fingerprint density at radius 2 is 2.21 bits per heavy atom. The molecule has 0 radical (unpaired) electrons. The minimum Gasteiger partial charge on any atom is -0.375 e. The molecule has 2 aliphatic rings. The van der Waals surface area contributed by atoms with E-state index >= 15 is 0 Å². The fourth-order valence-electron chi connectivity index (χ4n) is 3.64. The van der Waals surface area contributed by atoms with Gasteiger partial charge in [-0.25, -0.2) is 0 Å². The standard InChI is InChI=1S/C18H22N2O2S2/c1-13-11-19(7-8-22-13)17(21)12-20-6-4-15-14(5-10-24-15)18(20)16-3-2-9-23-16/h2-3,5,9-10,13,18H,4,6-8,11-12H2,1H3. The number of hydrogen-bond acceptors (Lipinski definition) is 5. The molecule has 1 fully saturated rings. The second-order valence-electron chi connectivity index (χ2n) is 6.46. The van der Waals surface area contributed by atoms with Gasteiger partial charge in [0.25, 0.3) is 0 Å². The summed E-state index contributed by atoms with van der Waals surface area (Å²) in [7, 11) is 0. The summed E-state index contributed by atoms with van der Waals surface area (Å²) in [6.07, 6.45) is 1.18. The van der Waals surface area contributed by atoms with Crippen LogP contribution in [0.3, 0.4) is 0 Å². The lowest BCUT2D eigenvalue weighted by Gasteiger charge is -2.37. The fraction of sp³-hybridized carbons (Fsp3) is 0.500. The highest BCUT2D eigenvalue weighted by atomic mass is 32.1. The molecule has 24 heavy (non-hydrogen) atoms. The molecule has 128 valence electrons. The Hall–Kier alpha value is -1.21. The molecule has 1 saturated heterocycles. The van der Waals surface area contributed by atoms with Crippen molar-refractivity contribution in [1.82, 2.24) is 9.80 Å². The Labute approximate surface area is 150 Å². The first-order chi connectivity index (χ1) is 11.7. The van der Waals surface area contributed by atoms with E-state index in [1.54, 1.807) is 11.3 Å². The second kappa shape index (κ2) is 6.96. The molecule has 0 N–H and O–H groups in total. The van der Waals surface area contributed by atoms with Crippen LogP contribution in [0.4, 0.5) is 0 Å². The largest absolute Gasteiger partial charge is 0.375 e. The van der Waals surface area contributed by atoms with Gasteiger partial charge in [-0.05, 0) is 41.8 Å². The number of rotatable bonds is 3. The number of carbonyl (C=O) groups excluding carboxylic acids is 1. The molecule has 4 heterocycles. The zero-order valence-electron chi connectivity index (χ0n) is 13.8. The highest BCUT2D eigenvalue weighted by Crippen LogP contribution is 2.39. The molecule has 4 rings (SSSR count). The van der Waals surface area contributed by atoms with Crippen molar-refractivity contribution >= 4 is 28.6 Å². The molecule has 0 spiro atoms. The predicted octanol–water partition coefficient (Wildman–Crippen LogP) is 3.00. The van der Waals surface area contributed by atoms with Crippen molar-refractivity contribution in [3.05, 3.63) is 44.3 Å². The Balaban J connectivity index is 1.54. The summed E-state index contributed by atoms with van der Waals surface area (Å²) in [4.78, 5) is 19.9. The van der Waals surface area contributed by atoms with E-state index < -0.39 is 0 Å². The SMILES string of the molecule is CC1CN(C(=O)CN2CCc3sccc3C2c2cccs2)CCO1. The summed E-state index contributed by atoms with van der Waals surface area (Å²) in [5.74, 6) is 0.227. The zero-order chi connectivity index (χ0) is 16.5. The molecule has 2 unspecified atom stereocenters. The van der Waals surface area contributed by atoms with Gasteiger partial charge in [0.15, 0.2) is 0 Å². The van der Waals surface area contributed by atoms with Crippen molar-refractivity contribution in [2.24, 2.45) is 0 Å². The van der Waals surface area contributed by atoms with Gasteiger partial charge in [-0.15, -0.1) is 22.7 Å². The molecule has 0 bridgehead atoms. The molecular weight excluding hydrogens is 340 g/mol. The van der Waals surface area contributed by atoms with Crippen molar-refractivity contribution in [2.45, 2.75) is 25.5 Å². The van der Waals surface area contributed by atoms with Gasteiger partial charge in [0.2, 0.25) is 5.91 Å². The third-order valence-electron chi connectivity index (χ3n) is 4.81. The van der Waals surface area contributed by atoms with E-state index in [1.807, 2.05) is 23.2 Å². The van der Waals surface area contributed by atoms with Crippen molar-refractivity contribution < 1.29 is 9.53 Å². The number of thiophene rings is 2. The molecule has 4 nitrogen and oxygen atoms in total. The summed E-state index contributed by atoms with van der Waals surface area (Å²) in [6, 6.07) is 6.75. The Morgan fingerprint density at radius 3 is 3.00 bits per heavy atom. The lowest BCUT2D eigenvalue weighted by atomic mass is 9.98. The van der Waals surface area contributed by atoms with Gasteiger partial charge in [-0.2, -0.15) is 0 Å². The zero-order valence-corrected chi connectivity index (χ0v) is 15.4. The predicted molar refractivity (Wildman–Crippen MR) is 97.8 cm³/mol. The van der Waals surface area contributed by atoms with Gasteiger partial charge in [0.1, 0.15) is 0 Å². The summed E-state index contributed by atoms with van der Waals surface area (Å²) >= 11 is 3.62. The molecule has 0 saturated carbocycles. The van der Waals surface area contributed by atoms with E-state index in [9.17, 15) is 4.79 Å². The number of carbonyl (C=O) groups is 1. The summed E-state index contributed by atoms with van der Waals surface area (Å²) < 4.78 is 5.56. The highest BCUT2D eigenvalue weighted by Gasteiger charge is 2.33. The maximum Gasteiger partial charge on any atom is 0.236 e. The van der Waals surface area contributed by atoms with E-state index in [2.05, 4.69) is 33.9 Å². The monoisotopic (exact) mass is 362 g/mol. The normalized spacial score (nSPS) is 24.8. The molecule has 2 aromatic heterocycles. The quantitative estimate of drug-likeness (QED) is 0.841. The fourth-order valence-corrected chi connectivity index (χ4v) is 5.42. The van der Waals surface area contributed by atoms with Gasteiger partial charge in [-0.3, -0.25) is 9.69 Å². The Morgan fingerprint density at radius 1 is 1.29 bits per heavy atom. The molecule has 0 aromatic carbocycles. The molecular formula is C18H22N2O2S2. The molecule has 2 atom stereocenters. The van der Waals surface area contributed by atoms with Crippen LogP contribution < -0.4 is 0 Å². The van der Waals surface area contributed by atoms with Crippen LogP contribution in [0.2, 0.25) is 0 Å². The van der Waals surface area contributed by atoms with E-state index in [0.29, 0.717) is 26.2 Å². The van der Waals surface area contributed by atoms with Crippen LogP contribution in [0.1, 0.15) is 28.3 Å². The number of morpholine rings is 1. The van der Waals surface area contributed by atoms with E-state index in [1.165, 1.54) is 15.3 Å². The number of amides is 1. The van der Waals surface area contributed by atoms with Crippen molar-refractivity contribution in [3.63, 3.8) is 0 Å². The molecule has 6 heteroatoms. The van der Waals surface area contributed by atoms with Crippen molar-refractivity contribution in [1.29, 1.82) is 0 Å². The van der Waals surface area contributed by atoms with Crippen molar-refractivity contribution in [2.75, 3.05) is 32.8 Å². The number of hydrogen-bond donors (Lipinski definition) is 0. The Bertz CT molecular complexity index is 698. The minimum atomic E-state index is 0.139. The van der Waals surface area contributed by atoms with Gasteiger partial charge in [-0.1, -0.05) is 6.07 Å². The van der Waals surface area contributed by atoms with Crippen LogP contribution in [-0.4, -0.2) is 54.6 Å². The van der Waals surface area contributed by atoms with E-state index in [4.69, 9.17) is 4.74 Å². The van der Waals surface area contributed by atoms with Gasteiger partial charge in [0.05, 0.1) is 25.3 Å². The van der Waals surface area contributed by atoms with Crippen LogP contribution in [-0.2, 0) is 16.0 Å². The van der Waals surface area contributed by atoms with Crippen molar-refractivity contribution in [3.8, 4) is 0 Å². The van der Waals surface area contributed by atoms with Gasteiger partial charge in [0, 0.05) is 29.4 Å². The first kappa shape index (κ1) is 16.3. The lowest BCUT2D eigenvalue weighted by molar-refractivity contribution is -0.139. The summed E-state index contributed by atoms with van der Waals surface area (Å²) in [6.45, 7) is 5.54. The number of fused-ring (bicyclic) bond motifs is 1. The number of ether oxygens (including phenoxy) is 1. The number of nitrogens with zero attached hydrogens (tertiary/aromatic N) is 2. The Kier molecular flexibility index (Phi) is 4.72. The van der Waals surface area contributed by atoms with Crippen LogP contribution in [0.15, 0.2) is 29.0 Å². The van der Waals surface area contributed by atoms with Crippen LogP contribution >= 0.6 is 22.7 Å². The molecule has 2 aromatic rings. The maximum atomic E-state index is 12.8. The van der Waals surface area contributed by atoms with E-state index in [-0.39, 0.29) is 18.1 Å².